The summed E-state index contributed by atoms with van der Waals surface area (Å²) in [5.41, 5.74) is 0.921. The molecule has 0 aliphatic carbocycles. The van der Waals surface area contributed by atoms with Crippen LogP contribution in [0, 0.1) is 0 Å². The Bertz CT molecular complexity index is 291. The highest BCUT2D eigenvalue weighted by Crippen LogP contribution is 2.16. The van der Waals surface area contributed by atoms with E-state index < -0.39 is 6.10 Å². The van der Waals surface area contributed by atoms with Crippen LogP contribution in [0.2, 0.25) is 0 Å². The quantitative estimate of drug-likeness (QED) is 0.740. The van der Waals surface area contributed by atoms with Crippen LogP contribution in [0.5, 0.6) is 5.75 Å². The summed E-state index contributed by atoms with van der Waals surface area (Å²) in [7, 11) is 3.19. The number of hydrogen-bond acceptors (Lipinski definition) is 4. The zero-order valence-corrected chi connectivity index (χ0v) is 9.06. The van der Waals surface area contributed by atoms with Crippen molar-refractivity contribution in [1.82, 2.24) is 0 Å². The molecule has 0 saturated heterocycles. The molecule has 1 rings (SSSR count). The van der Waals surface area contributed by atoms with Gasteiger partial charge in [-0.15, -0.1) is 0 Å². The zero-order chi connectivity index (χ0) is 11.1. The van der Waals surface area contributed by atoms with Gasteiger partial charge in [-0.25, -0.2) is 0 Å². The van der Waals surface area contributed by atoms with E-state index in [0.717, 1.165) is 11.4 Å². The lowest BCUT2D eigenvalue weighted by molar-refractivity contribution is 0.0727. The first-order chi connectivity index (χ1) is 7.26. The van der Waals surface area contributed by atoms with Crippen LogP contribution in [0.25, 0.3) is 0 Å². The van der Waals surface area contributed by atoms with Gasteiger partial charge in [0.1, 0.15) is 5.75 Å². The second-order valence-electron chi connectivity index (χ2n) is 3.22. The minimum Gasteiger partial charge on any atom is -0.497 e. The van der Waals surface area contributed by atoms with Crippen LogP contribution in [0.4, 0.5) is 5.69 Å². The Kier molecular flexibility index (Phi) is 4.93. The van der Waals surface area contributed by atoms with Crippen LogP contribution in [-0.2, 0) is 4.74 Å². The summed E-state index contributed by atoms with van der Waals surface area (Å²) >= 11 is 0. The second-order valence-corrected chi connectivity index (χ2v) is 3.22. The molecule has 1 aromatic carbocycles. The lowest BCUT2D eigenvalue weighted by atomic mass is 10.3. The van der Waals surface area contributed by atoms with Gasteiger partial charge < -0.3 is 19.9 Å². The molecule has 0 heterocycles. The summed E-state index contributed by atoms with van der Waals surface area (Å²) in [5.74, 6) is 0.793. The third kappa shape index (κ3) is 4.18. The van der Waals surface area contributed by atoms with Crippen LogP contribution in [-0.4, -0.2) is 38.6 Å². The summed E-state index contributed by atoms with van der Waals surface area (Å²) in [6, 6.07) is 7.56. The van der Waals surface area contributed by atoms with Crippen LogP contribution >= 0.6 is 0 Å². The Morgan fingerprint density at radius 3 is 2.87 bits per heavy atom. The van der Waals surface area contributed by atoms with E-state index in [2.05, 4.69) is 5.32 Å². The van der Waals surface area contributed by atoms with Gasteiger partial charge in [-0.3, -0.25) is 0 Å². The standard InChI is InChI=1S/C11H17NO3/c1-14-8-10(13)7-12-9-4-3-5-11(6-9)15-2/h3-6,10,12-13H,7-8H2,1-2H3. The van der Waals surface area contributed by atoms with Gasteiger partial charge >= 0.3 is 0 Å². The highest BCUT2D eigenvalue weighted by atomic mass is 16.5. The molecule has 4 heteroatoms. The predicted octanol–water partition coefficient (Wildman–Crippen LogP) is 1.11. The lowest BCUT2D eigenvalue weighted by Gasteiger charge is -2.12. The van der Waals surface area contributed by atoms with Crippen molar-refractivity contribution in [1.29, 1.82) is 0 Å². The van der Waals surface area contributed by atoms with E-state index in [1.807, 2.05) is 24.3 Å². The maximum Gasteiger partial charge on any atom is 0.120 e. The van der Waals surface area contributed by atoms with E-state index in [4.69, 9.17) is 9.47 Å². The van der Waals surface area contributed by atoms with Crippen molar-refractivity contribution in [3.05, 3.63) is 24.3 Å². The molecule has 0 bridgehead atoms. The monoisotopic (exact) mass is 211 g/mol. The first kappa shape index (κ1) is 11.8. The van der Waals surface area contributed by atoms with Crippen molar-refractivity contribution in [2.24, 2.45) is 0 Å². The molecule has 2 N–H and O–H groups in total. The van der Waals surface area contributed by atoms with Gasteiger partial charge in [0.15, 0.2) is 0 Å². The molecule has 0 spiro atoms. The first-order valence-corrected chi connectivity index (χ1v) is 4.81. The maximum atomic E-state index is 9.42. The molecule has 1 aromatic rings. The van der Waals surface area contributed by atoms with E-state index in [1.165, 1.54) is 0 Å². The Morgan fingerprint density at radius 2 is 2.20 bits per heavy atom. The van der Waals surface area contributed by atoms with Crippen molar-refractivity contribution in [2.45, 2.75) is 6.10 Å². The van der Waals surface area contributed by atoms with Crippen molar-refractivity contribution in [3.8, 4) is 5.75 Å². The lowest BCUT2D eigenvalue weighted by Crippen LogP contribution is -2.24. The van der Waals surface area contributed by atoms with Gasteiger partial charge in [-0.1, -0.05) is 6.07 Å². The first-order valence-electron chi connectivity index (χ1n) is 4.81. The summed E-state index contributed by atoms with van der Waals surface area (Å²) < 4.78 is 9.90. The fraction of sp³-hybridized carbons (Fsp3) is 0.455. The summed E-state index contributed by atoms with van der Waals surface area (Å²) in [5, 5.41) is 12.5. The highest BCUT2D eigenvalue weighted by molar-refractivity contribution is 5.48. The Hall–Kier alpha value is -1.26. The molecule has 0 radical (unpaired) electrons. The molecule has 0 aliphatic rings. The summed E-state index contributed by atoms with van der Waals surface area (Å²) in [6.45, 7) is 0.790. The number of ether oxygens (including phenoxy) is 2. The largest absolute Gasteiger partial charge is 0.497 e. The number of benzene rings is 1. The number of nitrogens with one attached hydrogen (secondary N) is 1. The van der Waals surface area contributed by atoms with E-state index >= 15 is 0 Å². The number of aliphatic hydroxyl groups is 1. The third-order valence-corrected chi connectivity index (χ3v) is 1.97. The van der Waals surface area contributed by atoms with E-state index in [9.17, 15) is 5.11 Å². The van der Waals surface area contributed by atoms with Crippen molar-refractivity contribution < 1.29 is 14.6 Å². The van der Waals surface area contributed by atoms with Gasteiger partial charge in [-0.05, 0) is 12.1 Å². The second kappa shape index (κ2) is 6.27. The zero-order valence-electron chi connectivity index (χ0n) is 9.06. The minimum absolute atomic E-state index is 0.330. The average Bonchev–Trinajstić information content (AvgIpc) is 2.27. The molecule has 15 heavy (non-hydrogen) atoms. The number of rotatable bonds is 6. The smallest absolute Gasteiger partial charge is 0.120 e. The van der Waals surface area contributed by atoms with Gasteiger partial charge in [0, 0.05) is 25.4 Å². The van der Waals surface area contributed by atoms with Gasteiger partial charge in [0.25, 0.3) is 0 Å². The third-order valence-electron chi connectivity index (χ3n) is 1.97. The van der Waals surface area contributed by atoms with E-state index in [-0.39, 0.29) is 0 Å². The van der Waals surface area contributed by atoms with Crippen LogP contribution in [0.3, 0.4) is 0 Å². The Balaban J connectivity index is 2.43. The van der Waals surface area contributed by atoms with Gasteiger partial charge in [0.2, 0.25) is 0 Å². The molecule has 0 aromatic heterocycles. The Morgan fingerprint density at radius 1 is 1.40 bits per heavy atom. The molecule has 4 nitrogen and oxygen atoms in total. The Labute approximate surface area is 89.8 Å². The number of aliphatic hydroxyl groups excluding tert-OH is 1. The minimum atomic E-state index is -0.499. The topological polar surface area (TPSA) is 50.7 Å². The SMILES string of the molecule is COCC(O)CNc1cccc(OC)c1. The fourth-order valence-corrected chi connectivity index (χ4v) is 1.22. The molecule has 84 valence electrons. The normalized spacial score (nSPS) is 12.2. The number of methoxy groups -OCH3 is 2. The van der Waals surface area contributed by atoms with Crippen molar-refractivity contribution >= 4 is 5.69 Å². The molecular weight excluding hydrogens is 194 g/mol. The predicted molar refractivity (Wildman–Crippen MR) is 59.4 cm³/mol. The maximum absolute atomic E-state index is 9.42. The van der Waals surface area contributed by atoms with Crippen LogP contribution in [0.15, 0.2) is 24.3 Å². The molecule has 1 atom stereocenters. The van der Waals surface area contributed by atoms with E-state index in [1.54, 1.807) is 14.2 Å². The van der Waals surface area contributed by atoms with Gasteiger partial charge in [-0.2, -0.15) is 0 Å². The summed E-state index contributed by atoms with van der Waals surface area (Å²) in [4.78, 5) is 0. The van der Waals surface area contributed by atoms with Crippen LogP contribution in [0.1, 0.15) is 0 Å². The van der Waals surface area contributed by atoms with E-state index in [0.29, 0.717) is 13.2 Å². The number of hydrogen-bond donors (Lipinski definition) is 2. The summed E-state index contributed by atoms with van der Waals surface area (Å²) in [6.07, 6.45) is -0.499. The van der Waals surface area contributed by atoms with Crippen molar-refractivity contribution in [2.75, 3.05) is 32.7 Å². The van der Waals surface area contributed by atoms with Crippen LogP contribution < -0.4 is 10.1 Å². The fourth-order valence-electron chi connectivity index (χ4n) is 1.22. The molecule has 0 saturated carbocycles. The average molecular weight is 211 g/mol. The molecule has 0 amide bonds. The molecule has 0 aliphatic heterocycles. The molecule has 1 unspecified atom stereocenters. The van der Waals surface area contributed by atoms with Gasteiger partial charge in [0.05, 0.1) is 19.8 Å². The molecular formula is C11H17NO3. The van der Waals surface area contributed by atoms with Crippen molar-refractivity contribution in [3.63, 3.8) is 0 Å². The highest BCUT2D eigenvalue weighted by Gasteiger charge is 2.02. The molecule has 0 fully saturated rings. The number of anilines is 1.